The first-order chi connectivity index (χ1) is 15.3. The van der Waals surface area contributed by atoms with Crippen LogP contribution in [0.25, 0.3) is 0 Å². The zero-order chi connectivity index (χ0) is 24.4. The molecule has 0 saturated carbocycles. The summed E-state index contributed by atoms with van der Waals surface area (Å²) in [4.78, 5) is 7.91. The average Bonchev–Trinajstić information content (AvgIpc) is 2.79. The highest BCUT2D eigenvalue weighted by Gasteiger charge is 2.09. The number of nitrogens with two attached hydrogens (primary N) is 3. The van der Waals surface area contributed by atoms with Crippen molar-refractivity contribution >= 4 is 17.8 Å². The molecule has 0 aromatic heterocycles. The highest BCUT2D eigenvalue weighted by Crippen LogP contribution is 2.12. The molecular weight excluding hydrogens is 404 g/mol. The number of rotatable bonds is 14. The number of amidine groups is 1. The summed E-state index contributed by atoms with van der Waals surface area (Å²) in [6.07, 6.45) is 6.30. The maximum atomic E-state index is 8.32. The van der Waals surface area contributed by atoms with E-state index < -0.39 is 0 Å². The molecule has 0 saturated heterocycles. The van der Waals surface area contributed by atoms with E-state index in [1.807, 2.05) is 49.9 Å². The molecule has 182 valence electrons. The van der Waals surface area contributed by atoms with Gasteiger partial charge in [-0.25, -0.2) is 0 Å². The molecule has 0 radical (unpaired) electrons. The van der Waals surface area contributed by atoms with E-state index >= 15 is 0 Å². The minimum atomic E-state index is 0.0497. The standard InChI is InChI=1S/C21H38N8O.C2H6/c1-28(14-7-5-3-4-6-13-27-20(24)25)21(26)29(2)15-8-16-30-18-11-9-17(10-12-18)19(22)23;1-2/h9-12,26H,3-8,13-16H2,1-2H3,(H3,22,23)(H4,24,25,27);1-2H3. The van der Waals surface area contributed by atoms with Crippen LogP contribution < -0.4 is 21.9 Å². The van der Waals surface area contributed by atoms with Crippen molar-refractivity contribution in [3.8, 4) is 5.75 Å². The summed E-state index contributed by atoms with van der Waals surface area (Å²) in [5.74, 6) is 1.49. The van der Waals surface area contributed by atoms with E-state index in [2.05, 4.69) is 4.99 Å². The monoisotopic (exact) mass is 448 g/mol. The van der Waals surface area contributed by atoms with Gasteiger partial charge in [0.25, 0.3) is 0 Å². The number of hydrogen-bond donors (Lipinski definition) is 5. The Kier molecular flexibility index (Phi) is 16.0. The first-order valence-corrected chi connectivity index (χ1v) is 11.4. The maximum absolute atomic E-state index is 8.32. The number of nitrogens with zero attached hydrogens (tertiary/aromatic N) is 3. The van der Waals surface area contributed by atoms with Gasteiger partial charge in [-0.2, -0.15) is 0 Å². The molecule has 0 unspecified atom stereocenters. The Morgan fingerprint density at radius 3 is 1.94 bits per heavy atom. The molecule has 0 spiro atoms. The Bertz CT molecular complexity index is 671. The lowest BCUT2D eigenvalue weighted by atomic mass is 10.1. The zero-order valence-corrected chi connectivity index (χ0v) is 20.4. The van der Waals surface area contributed by atoms with E-state index in [9.17, 15) is 0 Å². The summed E-state index contributed by atoms with van der Waals surface area (Å²) in [5, 5.41) is 15.7. The normalized spacial score (nSPS) is 9.88. The molecule has 8 N–H and O–H groups in total. The van der Waals surface area contributed by atoms with Crippen LogP contribution in [0.2, 0.25) is 0 Å². The van der Waals surface area contributed by atoms with E-state index in [1.54, 1.807) is 12.1 Å². The minimum Gasteiger partial charge on any atom is -0.494 e. The van der Waals surface area contributed by atoms with Crippen molar-refractivity contribution < 1.29 is 4.74 Å². The number of unbranched alkanes of at least 4 members (excludes halogenated alkanes) is 4. The molecule has 9 nitrogen and oxygen atoms in total. The van der Waals surface area contributed by atoms with Crippen molar-refractivity contribution in [1.82, 2.24) is 9.80 Å². The molecule has 0 bridgehead atoms. The van der Waals surface area contributed by atoms with Crippen molar-refractivity contribution in [1.29, 1.82) is 10.8 Å². The second kappa shape index (κ2) is 17.7. The Balaban J connectivity index is 0.00000466. The minimum absolute atomic E-state index is 0.0497. The molecule has 0 atom stereocenters. The molecule has 0 amide bonds. The molecule has 0 aliphatic carbocycles. The summed E-state index contributed by atoms with van der Waals surface area (Å²) in [6.45, 7) is 6.89. The second-order valence-corrected chi connectivity index (χ2v) is 7.38. The van der Waals surface area contributed by atoms with Crippen molar-refractivity contribution in [2.45, 2.75) is 52.4 Å². The molecule has 0 fully saturated rings. The molecule has 1 rings (SSSR count). The lowest BCUT2D eigenvalue weighted by Gasteiger charge is -2.28. The summed E-state index contributed by atoms with van der Waals surface area (Å²) >= 11 is 0. The van der Waals surface area contributed by atoms with Gasteiger partial charge in [-0.15, -0.1) is 0 Å². The fourth-order valence-corrected chi connectivity index (χ4v) is 2.92. The third-order valence-corrected chi connectivity index (χ3v) is 4.74. The molecule has 0 aliphatic heterocycles. The predicted octanol–water partition coefficient (Wildman–Crippen LogP) is 2.79. The smallest absolute Gasteiger partial charge is 0.193 e. The molecule has 32 heavy (non-hydrogen) atoms. The van der Waals surface area contributed by atoms with Crippen molar-refractivity contribution in [3.63, 3.8) is 0 Å². The second-order valence-electron chi connectivity index (χ2n) is 7.38. The van der Waals surface area contributed by atoms with Gasteiger partial charge in [-0.05, 0) is 43.5 Å². The van der Waals surface area contributed by atoms with Crippen molar-refractivity contribution in [3.05, 3.63) is 29.8 Å². The van der Waals surface area contributed by atoms with E-state index in [1.165, 1.54) is 0 Å². The van der Waals surface area contributed by atoms with E-state index in [0.717, 1.165) is 57.4 Å². The van der Waals surface area contributed by atoms with Gasteiger partial charge < -0.3 is 31.7 Å². The lowest BCUT2D eigenvalue weighted by Crippen LogP contribution is -2.40. The van der Waals surface area contributed by atoms with E-state index in [0.29, 0.717) is 24.7 Å². The molecule has 0 heterocycles. The summed E-state index contributed by atoms with van der Waals surface area (Å²) in [7, 11) is 3.90. The quantitative estimate of drug-likeness (QED) is 0.167. The van der Waals surface area contributed by atoms with Crippen LogP contribution in [-0.4, -0.2) is 67.9 Å². The van der Waals surface area contributed by atoms with Gasteiger partial charge in [0.1, 0.15) is 11.6 Å². The number of ether oxygens (including phenoxy) is 1. The van der Waals surface area contributed by atoms with Crippen molar-refractivity contribution in [2.75, 3.05) is 40.3 Å². The molecular formula is C23H44N8O. The number of benzene rings is 1. The fourth-order valence-electron chi connectivity index (χ4n) is 2.92. The Hall–Kier alpha value is -2.97. The summed E-state index contributed by atoms with van der Waals surface area (Å²) in [6, 6.07) is 7.19. The van der Waals surface area contributed by atoms with Gasteiger partial charge in [-0.3, -0.25) is 15.8 Å². The van der Waals surface area contributed by atoms with Gasteiger partial charge in [0.2, 0.25) is 0 Å². The highest BCUT2D eigenvalue weighted by atomic mass is 16.5. The first-order valence-electron chi connectivity index (χ1n) is 11.4. The topological polar surface area (TPSA) is 154 Å². The number of guanidine groups is 2. The maximum Gasteiger partial charge on any atom is 0.193 e. The third-order valence-electron chi connectivity index (χ3n) is 4.74. The van der Waals surface area contributed by atoms with Crippen LogP contribution >= 0.6 is 0 Å². The number of nitrogen functional groups attached to an aromatic ring is 1. The third kappa shape index (κ3) is 13.4. The Morgan fingerprint density at radius 1 is 0.844 bits per heavy atom. The van der Waals surface area contributed by atoms with Crippen LogP contribution in [0, 0.1) is 10.8 Å². The van der Waals surface area contributed by atoms with Gasteiger partial charge in [-0.1, -0.05) is 33.1 Å². The average molecular weight is 449 g/mol. The van der Waals surface area contributed by atoms with E-state index in [-0.39, 0.29) is 11.8 Å². The van der Waals surface area contributed by atoms with Crippen LogP contribution in [-0.2, 0) is 0 Å². The van der Waals surface area contributed by atoms with Crippen molar-refractivity contribution in [2.24, 2.45) is 22.2 Å². The van der Waals surface area contributed by atoms with Crippen LogP contribution in [0.5, 0.6) is 5.75 Å². The SMILES string of the molecule is CC.CN(CCCCCCCN=C(N)N)C(=N)N(C)CCCOc1ccc(C(=N)N)cc1. The number of nitrogens with one attached hydrogen (secondary N) is 2. The summed E-state index contributed by atoms with van der Waals surface area (Å²) < 4.78 is 5.72. The van der Waals surface area contributed by atoms with Gasteiger partial charge in [0.15, 0.2) is 11.9 Å². The first kappa shape index (κ1) is 29.0. The van der Waals surface area contributed by atoms with Crippen LogP contribution in [0.4, 0.5) is 0 Å². The molecule has 1 aromatic carbocycles. The fraction of sp³-hybridized carbons (Fsp3) is 0.609. The predicted molar refractivity (Wildman–Crippen MR) is 136 cm³/mol. The summed E-state index contributed by atoms with van der Waals surface area (Å²) in [5.41, 5.74) is 16.7. The largest absolute Gasteiger partial charge is 0.494 e. The molecule has 0 aliphatic rings. The van der Waals surface area contributed by atoms with Gasteiger partial charge in [0.05, 0.1) is 6.61 Å². The van der Waals surface area contributed by atoms with Gasteiger partial charge in [0, 0.05) is 39.3 Å². The lowest BCUT2D eigenvalue weighted by molar-refractivity contribution is 0.286. The highest BCUT2D eigenvalue weighted by molar-refractivity contribution is 5.94. The molecule has 9 heteroatoms. The molecule has 1 aromatic rings. The number of hydrogen-bond acceptors (Lipinski definition) is 4. The van der Waals surface area contributed by atoms with E-state index in [4.69, 9.17) is 32.8 Å². The van der Waals surface area contributed by atoms with Crippen LogP contribution in [0.1, 0.15) is 57.9 Å². The zero-order valence-electron chi connectivity index (χ0n) is 20.4. The van der Waals surface area contributed by atoms with Crippen LogP contribution in [0.15, 0.2) is 29.3 Å². The number of aliphatic imine (C=N–C) groups is 1. The van der Waals surface area contributed by atoms with Crippen LogP contribution in [0.3, 0.4) is 0 Å². The Labute approximate surface area is 194 Å². The van der Waals surface area contributed by atoms with Gasteiger partial charge >= 0.3 is 0 Å². The Morgan fingerprint density at radius 2 is 1.38 bits per heavy atom.